The number of anilines is 2. The van der Waals surface area contributed by atoms with Crippen LogP contribution in [0, 0.1) is 0 Å². The number of amides is 1. The normalized spacial score (nSPS) is 13.9. The van der Waals surface area contributed by atoms with E-state index in [1.54, 1.807) is 0 Å². The number of hydrogen-bond acceptors (Lipinski definition) is 4. The van der Waals surface area contributed by atoms with Crippen molar-refractivity contribution in [3.05, 3.63) is 83.4 Å². The zero-order chi connectivity index (χ0) is 20.3. The monoisotopic (exact) mass is 400 g/mol. The minimum Gasteiger partial charge on any atom is -0.454 e. The third-order valence-corrected chi connectivity index (χ3v) is 5.71. The number of nitrogens with zero attached hydrogens (tertiary/aromatic N) is 1. The number of nitrogens with one attached hydrogen (secondary N) is 1. The van der Waals surface area contributed by atoms with E-state index >= 15 is 0 Å². The van der Waals surface area contributed by atoms with Gasteiger partial charge in [-0.2, -0.15) is 0 Å². The number of hydrogen-bond donors (Lipinski definition) is 1. The Morgan fingerprint density at radius 1 is 0.967 bits per heavy atom. The van der Waals surface area contributed by atoms with E-state index in [2.05, 4.69) is 40.5 Å². The summed E-state index contributed by atoms with van der Waals surface area (Å²) in [5.41, 5.74) is 5.77. The summed E-state index contributed by atoms with van der Waals surface area (Å²) in [4.78, 5) is 15.0. The van der Waals surface area contributed by atoms with Crippen LogP contribution in [0.2, 0.25) is 0 Å². The fourth-order valence-corrected chi connectivity index (χ4v) is 4.12. The molecule has 0 bridgehead atoms. The van der Waals surface area contributed by atoms with Gasteiger partial charge in [0.1, 0.15) is 0 Å². The first kappa shape index (κ1) is 18.6. The maximum atomic E-state index is 12.6. The second-order valence-corrected chi connectivity index (χ2v) is 7.69. The molecule has 0 saturated heterocycles. The molecule has 0 fully saturated rings. The summed E-state index contributed by atoms with van der Waals surface area (Å²) >= 11 is 0. The van der Waals surface area contributed by atoms with E-state index in [1.165, 1.54) is 11.3 Å². The predicted molar refractivity (Wildman–Crippen MR) is 117 cm³/mol. The van der Waals surface area contributed by atoms with Crippen LogP contribution in [-0.4, -0.2) is 19.2 Å². The van der Waals surface area contributed by atoms with Crippen LogP contribution in [0.4, 0.5) is 11.4 Å². The lowest BCUT2D eigenvalue weighted by Gasteiger charge is -2.21. The molecule has 0 radical (unpaired) electrons. The molecule has 152 valence electrons. The third-order valence-electron chi connectivity index (χ3n) is 5.71. The number of aryl methyl sites for hydroxylation is 1. The molecule has 2 aliphatic rings. The summed E-state index contributed by atoms with van der Waals surface area (Å²) in [6.07, 6.45) is 2.14. The summed E-state index contributed by atoms with van der Waals surface area (Å²) in [5, 5.41) is 3.11. The minimum atomic E-state index is 0.0157. The molecule has 3 aromatic carbocycles. The molecule has 0 atom stereocenters. The van der Waals surface area contributed by atoms with Crippen molar-refractivity contribution in [3.63, 3.8) is 0 Å². The van der Waals surface area contributed by atoms with E-state index < -0.39 is 0 Å². The SMILES string of the molecule is O=C(CCc1ccc2c(c1)OCO2)Nc1ccccc1CN1CCc2ccccc21. The van der Waals surface area contributed by atoms with Gasteiger partial charge in [0.15, 0.2) is 11.5 Å². The highest BCUT2D eigenvalue weighted by Gasteiger charge is 2.20. The molecule has 1 amide bonds. The Kier molecular flexibility index (Phi) is 5.01. The standard InChI is InChI=1S/C25H24N2O3/c28-25(12-10-18-9-11-23-24(15-18)30-17-29-23)26-21-7-3-1-6-20(21)16-27-14-13-19-5-2-4-8-22(19)27/h1-9,11,15H,10,12-14,16-17H2,(H,26,28). The Balaban J connectivity index is 1.23. The first-order valence-corrected chi connectivity index (χ1v) is 10.4. The molecule has 5 rings (SSSR count). The van der Waals surface area contributed by atoms with Crippen molar-refractivity contribution in [1.82, 2.24) is 0 Å². The molecule has 0 saturated carbocycles. The molecule has 2 heterocycles. The molecule has 30 heavy (non-hydrogen) atoms. The van der Waals surface area contributed by atoms with Crippen molar-refractivity contribution >= 4 is 17.3 Å². The maximum absolute atomic E-state index is 12.6. The number of fused-ring (bicyclic) bond motifs is 2. The highest BCUT2D eigenvalue weighted by atomic mass is 16.7. The summed E-state index contributed by atoms with van der Waals surface area (Å²) in [5.74, 6) is 1.53. The molecule has 5 nitrogen and oxygen atoms in total. The number of para-hydroxylation sites is 2. The van der Waals surface area contributed by atoms with Gasteiger partial charge in [-0.25, -0.2) is 0 Å². The number of ether oxygens (including phenoxy) is 2. The maximum Gasteiger partial charge on any atom is 0.231 e. The van der Waals surface area contributed by atoms with Gasteiger partial charge < -0.3 is 19.7 Å². The lowest BCUT2D eigenvalue weighted by Crippen LogP contribution is -2.21. The Labute approximate surface area is 176 Å². The zero-order valence-electron chi connectivity index (χ0n) is 16.8. The molecule has 0 unspecified atom stereocenters. The second kappa shape index (κ2) is 8.11. The lowest BCUT2D eigenvalue weighted by atomic mass is 10.1. The molecule has 1 N–H and O–H groups in total. The summed E-state index contributed by atoms with van der Waals surface area (Å²) in [6.45, 7) is 2.05. The number of carbonyl (C=O) groups is 1. The smallest absolute Gasteiger partial charge is 0.231 e. The van der Waals surface area contributed by atoms with E-state index in [9.17, 15) is 4.79 Å². The van der Waals surface area contributed by atoms with Crippen molar-refractivity contribution in [3.8, 4) is 11.5 Å². The van der Waals surface area contributed by atoms with E-state index in [1.807, 2.05) is 36.4 Å². The zero-order valence-corrected chi connectivity index (χ0v) is 16.8. The van der Waals surface area contributed by atoms with Gasteiger partial charge >= 0.3 is 0 Å². The Hall–Kier alpha value is -3.47. The molecule has 0 spiro atoms. The first-order chi connectivity index (χ1) is 14.8. The van der Waals surface area contributed by atoms with Gasteiger partial charge in [-0.05, 0) is 53.8 Å². The topological polar surface area (TPSA) is 50.8 Å². The molecule has 0 aliphatic carbocycles. The quantitative estimate of drug-likeness (QED) is 0.660. The first-order valence-electron chi connectivity index (χ1n) is 10.4. The van der Waals surface area contributed by atoms with Crippen LogP contribution in [0.3, 0.4) is 0 Å². The number of rotatable bonds is 6. The molecule has 5 heteroatoms. The van der Waals surface area contributed by atoms with Gasteiger partial charge in [0.05, 0.1) is 0 Å². The average Bonchev–Trinajstić information content (AvgIpc) is 3.40. The molecule has 3 aromatic rings. The van der Waals surface area contributed by atoms with Crippen molar-refractivity contribution in [1.29, 1.82) is 0 Å². The molecule has 0 aromatic heterocycles. The van der Waals surface area contributed by atoms with Gasteiger partial charge in [-0.15, -0.1) is 0 Å². The van der Waals surface area contributed by atoms with Crippen LogP contribution in [0.15, 0.2) is 66.7 Å². The average molecular weight is 400 g/mol. The third kappa shape index (κ3) is 3.83. The van der Waals surface area contributed by atoms with Gasteiger partial charge in [-0.3, -0.25) is 4.79 Å². The van der Waals surface area contributed by atoms with Crippen molar-refractivity contribution < 1.29 is 14.3 Å². The fourth-order valence-electron chi connectivity index (χ4n) is 4.12. The van der Waals surface area contributed by atoms with Crippen LogP contribution >= 0.6 is 0 Å². The van der Waals surface area contributed by atoms with Crippen LogP contribution < -0.4 is 19.7 Å². The van der Waals surface area contributed by atoms with Gasteiger partial charge in [-0.1, -0.05) is 42.5 Å². The number of benzene rings is 3. The van der Waals surface area contributed by atoms with E-state index in [0.29, 0.717) is 12.8 Å². The lowest BCUT2D eigenvalue weighted by molar-refractivity contribution is -0.116. The summed E-state index contributed by atoms with van der Waals surface area (Å²) in [6, 6.07) is 22.5. The summed E-state index contributed by atoms with van der Waals surface area (Å²) < 4.78 is 10.8. The summed E-state index contributed by atoms with van der Waals surface area (Å²) in [7, 11) is 0. The minimum absolute atomic E-state index is 0.0157. The van der Waals surface area contributed by atoms with Crippen LogP contribution in [0.1, 0.15) is 23.1 Å². The van der Waals surface area contributed by atoms with E-state index in [4.69, 9.17) is 9.47 Å². The van der Waals surface area contributed by atoms with Gasteiger partial charge in [0.2, 0.25) is 12.7 Å². The molecule has 2 aliphatic heterocycles. The number of carbonyl (C=O) groups excluding carboxylic acids is 1. The molecular formula is C25H24N2O3. The van der Waals surface area contributed by atoms with Gasteiger partial charge in [0, 0.05) is 30.9 Å². The van der Waals surface area contributed by atoms with Crippen molar-refractivity contribution in [2.75, 3.05) is 23.6 Å². The van der Waals surface area contributed by atoms with Crippen LogP contribution in [-0.2, 0) is 24.2 Å². The van der Waals surface area contributed by atoms with Crippen molar-refractivity contribution in [2.24, 2.45) is 0 Å². The fraction of sp³-hybridized carbons (Fsp3) is 0.240. The second-order valence-electron chi connectivity index (χ2n) is 7.69. The van der Waals surface area contributed by atoms with Gasteiger partial charge in [0.25, 0.3) is 0 Å². The Morgan fingerprint density at radius 3 is 2.77 bits per heavy atom. The highest BCUT2D eigenvalue weighted by Crippen LogP contribution is 2.33. The molecular weight excluding hydrogens is 376 g/mol. The Morgan fingerprint density at radius 2 is 1.80 bits per heavy atom. The highest BCUT2D eigenvalue weighted by molar-refractivity contribution is 5.91. The largest absolute Gasteiger partial charge is 0.454 e. The predicted octanol–water partition coefficient (Wildman–Crippen LogP) is 4.55. The Bertz CT molecular complexity index is 1080. The van der Waals surface area contributed by atoms with E-state index in [-0.39, 0.29) is 12.7 Å². The van der Waals surface area contributed by atoms with Crippen LogP contribution in [0.5, 0.6) is 11.5 Å². The van der Waals surface area contributed by atoms with Crippen LogP contribution in [0.25, 0.3) is 0 Å². The van der Waals surface area contributed by atoms with Crippen molar-refractivity contribution in [2.45, 2.75) is 25.8 Å². The van der Waals surface area contributed by atoms with E-state index in [0.717, 1.165) is 47.8 Å².